The van der Waals surface area contributed by atoms with Crippen LogP contribution in [0.15, 0.2) is 37.1 Å². The summed E-state index contributed by atoms with van der Waals surface area (Å²) in [5.74, 6) is -0.919. The highest BCUT2D eigenvalue weighted by Crippen LogP contribution is 1.99. The fourth-order valence-corrected chi connectivity index (χ4v) is 1.25. The fourth-order valence-electron chi connectivity index (χ4n) is 1.25. The van der Waals surface area contributed by atoms with E-state index < -0.39 is 17.9 Å². The minimum atomic E-state index is -0.730. The van der Waals surface area contributed by atoms with Crippen LogP contribution in [0.5, 0.6) is 0 Å². The van der Waals surface area contributed by atoms with Gasteiger partial charge in [0.1, 0.15) is 11.7 Å². The van der Waals surface area contributed by atoms with Gasteiger partial charge in [-0.1, -0.05) is 12.1 Å². The Morgan fingerprint density at radius 3 is 2.88 bits per heavy atom. The molecule has 1 rings (SSSR count). The number of carbonyl (C=O) groups is 2. The molecule has 1 atom stereocenters. The molecule has 0 aliphatic rings. The van der Waals surface area contributed by atoms with Gasteiger partial charge in [0.25, 0.3) is 5.91 Å². The summed E-state index contributed by atoms with van der Waals surface area (Å²) in [5.41, 5.74) is 0.255. The SMILES string of the molecule is C=CC[C@@H](NC(=O)c1ccccn1)C(=O)OC. The van der Waals surface area contributed by atoms with Crippen LogP contribution in [0, 0.1) is 0 Å². The average Bonchev–Trinajstić information content (AvgIpc) is 2.38. The van der Waals surface area contributed by atoms with Crippen LogP contribution >= 0.6 is 0 Å². The maximum atomic E-state index is 11.7. The molecule has 0 spiro atoms. The van der Waals surface area contributed by atoms with Gasteiger partial charge in [0.15, 0.2) is 0 Å². The maximum Gasteiger partial charge on any atom is 0.328 e. The number of hydrogen-bond acceptors (Lipinski definition) is 4. The molecule has 0 aromatic carbocycles. The van der Waals surface area contributed by atoms with E-state index in [9.17, 15) is 9.59 Å². The standard InChI is InChI=1S/C12H14N2O3/c1-3-6-10(12(16)17-2)14-11(15)9-7-4-5-8-13-9/h3-5,7-8,10H,1,6H2,2H3,(H,14,15)/t10-/m1/s1. The molecule has 1 heterocycles. The van der Waals surface area contributed by atoms with Crippen molar-refractivity contribution in [2.75, 3.05) is 7.11 Å². The molecule has 5 heteroatoms. The largest absolute Gasteiger partial charge is 0.467 e. The van der Waals surface area contributed by atoms with Gasteiger partial charge < -0.3 is 10.1 Å². The molecule has 0 saturated carbocycles. The Balaban J connectivity index is 2.71. The van der Waals surface area contributed by atoms with E-state index >= 15 is 0 Å². The number of esters is 1. The molecule has 1 aromatic heterocycles. The molecule has 0 unspecified atom stereocenters. The van der Waals surface area contributed by atoms with E-state index in [0.717, 1.165) is 0 Å². The lowest BCUT2D eigenvalue weighted by atomic mass is 10.2. The van der Waals surface area contributed by atoms with Crippen LogP contribution in [0.2, 0.25) is 0 Å². The molecular weight excluding hydrogens is 220 g/mol. The number of pyridine rings is 1. The normalized spacial score (nSPS) is 11.4. The van der Waals surface area contributed by atoms with E-state index in [4.69, 9.17) is 0 Å². The predicted molar refractivity (Wildman–Crippen MR) is 62.3 cm³/mol. The Bertz CT molecular complexity index is 403. The van der Waals surface area contributed by atoms with Gasteiger partial charge in [0, 0.05) is 6.20 Å². The molecule has 17 heavy (non-hydrogen) atoms. The van der Waals surface area contributed by atoms with Crippen LogP contribution in [0.4, 0.5) is 0 Å². The topological polar surface area (TPSA) is 68.3 Å². The minimum Gasteiger partial charge on any atom is -0.467 e. The number of nitrogens with one attached hydrogen (secondary N) is 1. The van der Waals surface area contributed by atoms with Crippen LogP contribution in [0.3, 0.4) is 0 Å². The first-order chi connectivity index (χ1) is 8.19. The lowest BCUT2D eigenvalue weighted by molar-refractivity contribution is -0.142. The zero-order chi connectivity index (χ0) is 12.7. The van der Waals surface area contributed by atoms with E-state index in [1.165, 1.54) is 13.3 Å². The number of carbonyl (C=O) groups excluding carboxylic acids is 2. The summed E-state index contributed by atoms with van der Waals surface area (Å²) in [6, 6.07) is 4.24. The summed E-state index contributed by atoms with van der Waals surface area (Å²) in [4.78, 5) is 27.0. The van der Waals surface area contributed by atoms with Crippen molar-refractivity contribution in [3.63, 3.8) is 0 Å². The molecule has 1 N–H and O–H groups in total. The van der Waals surface area contributed by atoms with E-state index in [1.807, 2.05) is 0 Å². The van der Waals surface area contributed by atoms with Crippen LogP contribution in [-0.4, -0.2) is 30.0 Å². The Kier molecular flexibility index (Phi) is 4.87. The first-order valence-electron chi connectivity index (χ1n) is 5.09. The summed E-state index contributed by atoms with van der Waals surface area (Å²) in [6.07, 6.45) is 3.36. The molecule has 0 fully saturated rings. The van der Waals surface area contributed by atoms with Crippen molar-refractivity contribution in [2.24, 2.45) is 0 Å². The van der Waals surface area contributed by atoms with Crippen LogP contribution in [0.25, 0.3) is 0 Å². The molecule has 0 aliphatic heterocycles. The summed E-state index contributed by atoms with van der Waals surface area (Å²) in [6.45, 7) is 3.52. The van der Waals surface area contributed by atoms with Crippen molar-refractivity contribution < 1.29 is 14.3 Å². The Hall–Kier alpha value is -2.17. The van der Waals surface area contributed by atoms with Crippen molar-refractivity contribution in [1.29, 1.82) is 0 Å². The molecule has 1 amide bonds. The van der Waals surface area contributed by atoms with Crippen LogP contribution in [-0.2, 0) is 9.53 Å². The number of methoxy groups -OCH3 is 1. The van der Waals surface area contributed by atoms with Gasteiger partial charge in [-0.3, -0.25) is 9.78 Å². The molecule has 0 radical (unpaired) electrons. The summed E-state index contributed by atoms with van der Waals surface area (Å²) >= 11 is 0. The highest BCUT2D eigenvalue weighted by atomic mass is 16.5. The first-order valence-corrected chi connectivity index (χ1v) is 5.09. The van der Waals surface area contributed by atoms with E-state index in [0.29, 0.717) is 6.42 Å². The average molecular weight is 234 g/mol. The molecule has 5 nitrogen and oxygen atoms in total. The molecule has 0 aliphatic carbocycles. The third kappa shape index (κ3) is 3.71. The fraction of sp³-hybridized carbons (Fsp3) is 0.250. The van der Waals surface area contributed by atoms with E-state index in [2.05, 4.69) is 21.6 Å². The highest BCUT2D eigenvalue weighted by Gasteiger charge is 2.20. The monoisotopic (exact) mass is 234 g/mol. The molecular formula is C12H14N2O3. The second-order valence-electron chi connectivity index (χ2n) is 3.29. The summed E-state index contributed by atoms with van der Waals surface area (Å²) < 4.78 is 4.58. The zero-order valence-corrected chi connectivity index (χ0v) is 9.55. The zero-order valence-electron chi connectivity index (χ0n) is 9.55. The predicted octanol–water partition coefficient (Wildman–Crippen LogP) is 0.929. The molecule has 1 aromatic rings. The van der Waals surface area contributed by atoms with Gasteiger partial charge in [-0.05, 0) is 18.6 Å². The van der Waals surface area contributed by atoms with Gasteiger partial charge in [-0.2, -0.15) is 0 Å². The Labute approximate surface area is 99.5 Å². The lowest BCUT2D eigenvalue weighted by Gasteiger charge is -2.14. The van der Waals surface area contributed by atoms with Crippen molar-refractivity contribution >= 4 is 11.9 Å². The minimum absolute atomic E-state index is 0.255. The van der Waals surface area contributed by atoms with Gasteiger partial charge in [0.2, 0.25) is 0 Å². The van der Waals surface area contributed by atoms with Gasteiger partial charge in [-0.25, -0.2) is 4.79 Å². The maximum absolute atomic E-state index is 11.7. The van der Waals surface area contributed by atoms with Crippen molar-refractivity contribution in [3.05, 3.63) is 42.7 Å². The second kappa shape index (κ2) is 6.42. The third-order valence-corrected chi connectivity index (χ3v) is 2.09. The van der Waals surface area contributed by atoms with Crippen molar-refractivity contribution in [2.45, 2.75) is 12.5 Å². The number of amides is 1. The van der Waals surface area contributed by atoms with Gasteiger partial charge >= 0.3 is 5.97 Å². The number of rotatable bonds is 5. The molecule has 0 saturated heterocycles. The van der Waals surface area contributed by atoms with Crippen molar-refractivity contribution in [1.82, 2.24) is 10.3 Å². The third-order valence-electron chi connectivity index (χ3n) is 2.09. The Morgan fingerprint density at radius 1 is 1.59 bits per heavy atom. The van der Waals surface area contributed by atoms with E-state index in [1.54, 1.807) is 24.3 Å². The Morgan fingerprint density at radius 2 is 2.35 bits per heavy atom. The number of ether oxygens (including phenoxy) is 1. The van der Waals surface area contributed by atoms with Gasteiger partial charge in [-0.15, -0.1) is 6.58 Å². The number of nitrogens with zero attached hydrogens (tertiary/aromatic N) is 1. The molecule has 0 bridgehead atoms. The van der Waals surface area contributed by atoms with Crippen LogP contribution < -0.4 is 5.32 Å². The highest BCUT2D eigenvalue weighted by molar-refractivity contribution is 5.95. The van der Waals surface area contributed by atoms with Crippen molar-refractivity contribution in [3.8, 4) is 0 Å². The lowest BCUT2D eigenvalue weighted by Crippen LogP contribution is -2.41. The first kappa shape index (κ1) is 12.9. The number of aromatic nitrogens is 1. The quantitative estimate of drug-likeness (QED) is 0.608. The van der Waals surface area contributed by atoms with Gasteiger partial charge in [0.05, 0.1) is 7.11 Å². The molecule has 90 valence electrons. The summed E-state index contributed by atoms with van der Waals surface area (Å²) in [7, 11) is 1.27. The summed E-state index contributed by atoms with van der Waals surface area (Å²) in [5, 5.41) is 2.54. The number of hydrogen-bond donors (Lipinski definition) is 1. The van der Waals surface area contributed by atoms with Crippen LogP contribution in [0.1, 0.15) is 16.9 Å². The second-order valence-corrected chi connectivity index (χ2v) is 3.29. The van der Waals surface area contributed by atoms with E-state index in [-0.39, 0.29) is 5.69 Å². The smallest absolute Gasteiger partial charge is 0.328 e.